The first-order valence-corrected chi connectivity index (χ1v) is 12.8. The highest BCUT2D eigenvalue weighted by atomic mass is 16.5. The fourth-order valence-corrected chi connectivity index (χ4v) is 4.54. The second-order valence-corrected chi connectivity index (χ2v) is 9.16. The lowest BCUT2D eigenvalue weighted by molar-refractivity contribution is -0.140. The molecular weight excluding hydrogens is 488 g/mol. The Hall–Kier alpha value is -4.84. The van der Waals surface area contributed by atoms with Crippen LogP contribution in [0.15, 0.2) is 109 Å². The predicted molar refractivity (Wildman–Crippen MR) is 156 cm³/mol. The van der Waals surface area contributed by atoms with Gasteiger partial charge in [-0.1, -0.05) is 91.5 Å². The number of carboxylic acid groups (broad SMARTS) is 1. The van der Waals surface area contributed by atoms with Gasteiger partial charge in [0.15, 0.2) is 0 Å². The van der Waals surface area contributed by atoms with Crippen molar-refractivity contribution in [2.45, 2.75) is 25.7 Å². The molecule has 3 aromatic rings. The first-order chi connectivity index (χ1) is 19.0. The molecule has 3 aromatic carbocycles. The Morgan fingerprint density at radius 3 is 2.28 bits per heavy atom. The molecule has 0 unspecified atom stereocenters. The molecule has 198 valence electrons. The fourth-order valence-electron chi connectivity index (χ4n) is 4.54. The standard InChI is InChI=1S/C33H32N2O4/c1-23(27(16-19-32(38)39-2)20-24-10-5-3-6-11-24)26-14-9-15-28(21-26)30-22-34-35-33(25-12-7-4-8-13-25)29(30)17-18-31(36)37/h3-15,20-22,34-35H,1,16-19H2,2H3,(H,36,37)/b27-20+. The van der Waals surface area contributed by atoms with Gasteiger partial charge in [0.1, 0.15) is 0 Å². The highest BCUT2D eigenvalue weighted by molar-refractivity contribution is 5.92. The summed E-state index contributed by atoms with van der Waals surface area (Å²) < 4.78 is 4.87. The van der Waals surface area contributed by atoms with E-state index in [1.54, 1.807) is 0 Å². The minimum absolute atomic E-state index is 0.00851. The molecule has 4 rings (SSSR count). The molecule has 0 saturated heterocycles. The highest BCUT2D eigenvalue weighted by Gasteiger charge is 2.20. The lowest BCUT2D eigenvalue weighted by Gasteiger charge is -2.25. The number of ether oxygens (including phenoxy) is 1. The molecule has 0 saturated carbocycles. The minimum atomic E-state index is -0.851. The zero-order chi connectivity index (χ0) is 27.6. The van der Waals surface area contributed by atoms with Gasteiger partial charge in [0.2, 0.25) is 0 Å². The highest BCUT2D eigenvalue weighted by Crippen LogP contribution is 2.36. The molecule has 39 heavy (non-hydrogen) atoms. The number of nitrogens with one attached hydrogen (secondary N) is 2. The second-order valence-electron chi connectivity index (χ2n) is 9.16. The third kappa shape index (κ3) is 7.14. The zero-order valence-electron chi connectivity index (χ0n) is 21.9. The Balaban J connectivity index is 1.71. The van der Waals surface area contributed by atoms with Crippen molar-refractivity contribution in [3.05, 3.63) is 131 Å². The van der Waals surface area contributed by atoms with Crippen molar-refractivity contribution in [1.29, 1.82) is 0 Å². The molecule has 6 heteroatoms. The van der Waals surface area contributed by atoms with Gasteiger partial charge in [-0.05, 0) is 57.9 Å². The van der Waals surface area contributed by atoms with Crippen LogP contribution in [0.1, 0.15) is 47.9 Å². The molecular formula is C33H32N2O4. The van der Waals surface area contributed by atoms with Crippen LogP contribution < -0.4 is 10.9 Å². The number of aliphatic carboxylic acids is 1. The van der Waals surface area contributed by atoms with Gasteiger partial charge < -0.3 is 20.7 Å². The Kier molecular flexibility index (Phi) is 9.14. The number of hydrogen-bond acceptors (Lipinski definition) is 5. The molecule has 0 fully saturated rings. The van der Waals surface area contributed by atoms with Gasteiger partial charge in [-0.2, -0.15) is 0 Å². The Labute approximate surface area is 229 Å². The number of carbonyl (C=O) groups is 2. The summed E-state index contributed by atoms with van der Waals surface area (Å²) in [5.74, 6) is -1.13. The quantitative estimate of drug-likeness (QED) is 0.199. The Bertz CT molecular complexity index is 1440. The van der Waals surface area contributed by atoms with Gasteiger partial charge in [-0.25, -0.2) is 0 Å². The van der Waals surface area contributed by atoms with E-state index in [-0.39, 0.29) is 18.8 Å². The van der Waals surface area contributed by atoms with E-state index < -0.39 is 5.97 Å². The average molecular weight is 521 g/mol. The Morgan fingerprint density at radius 1 is 0.897 bits per heavy atom. The number of rotatable bonds is 11. The summed E-state index contributed by atoms with van der Waals surface area (Å²) >= 11 is 0. The Morgan fingerprint density at radius 2 is 1.59 bits per heavy atom. The van der Waals surface area contributed by atoms with E-state index in [1.807, 2.05) is 85.1 Å². The van der Waals surface area contributed by atoms with Gasteiger partial charge in [0, 0.05) is 24.6 Å². The summed E-state index contributed by atoms with van der Waals surface area (Å²) in [6, 6.07) is 27.8. The summed E-state index contributed by atoms with van der Waals surface area (Å²) in [4.78, 5) is 23.4. The number of allylic oxidation sites excluding steroid dienone is 4. The third-order valence-corrected chi connectivity index (χ3v) is 6.57. The van der Waals surface area contributed by atoms with E-state index in [0.29, 0.717) is 12.8 Å². The number of carboxylic acids is 1. The maximum Gasteiger partial charge on any atom is 0.305 e. The second kappa shape index (κ2) is 13.1. The molecule has 0 aromatic heterocycles. The predicted octanol–water partition coefficient (Wildman–Crippen LogP) is 6.46. The van der Waals surface area contributed by atoms with Gasteiger partial charge in [0.05, 0.1) is 12.8 Å². The van der Waals surface area contributed by atoms with Crippen molar-refractivity contribution >= 4 is 34.9 Å². The summed E-state index contributed by atoms with van der Waals surface area (Å²) in [6.07, 6.45) is 5.02. The van der Waals surface area contributed by atoms with E-state index >= 15 is 0 Å². The molecule has 1 aliphatic rings. The largest absolute Gasteiger partial charge is 0.481 e. The van der Waals surface area contributed by atoms with Gasteiger partial charge in [-0.3, -0.25) is 9.59 Å². The molecule has 0 atom stereocenters. The van der Waals surface area contributed by atoms with Crippen LogP contribution in [0.5, 0.6) is 0 Å². The zero-order valence-corrected chi connectivity index (χ0v) is 21.9. The van der Waals surface area contributed by atoms with E-state index in [1.165, 1.54) is 7.11 Å². The summed E-state index contributed by atoms with van der Waals surface area (Å²) in [5.41, 5.74) is 14.6. The normalized spacial score (nSPS) is 13.2. The van der Waals surface area contributed by atoms with Gasteiger partial charge in [0.25, 0.3) is 0 Å². The summed E-state index contributed by atoms with van der Waals surface area (Å²) in [5, 5.41) is 9.44. The van der Waals surface area contributed by atoms with Gasteiger partial charge >= 0.3 is 11.9 Å². The van der Waals surface area contributed by atoms with Crippen molar-refractivity contribution in [3.63, 3.8) is 0 Å². The summed E-state index contributed by atoms with van der Waals surface area (Å²) in [7, 11) is 1.39. The number of benzene rings is 3. The van der Waals surface area contributed by atoms with E-state index in [9.17, 15) is 14.7 Å². The van der Waals surface area contributed by atoms with Crippen LogP contribution in [0.4, 0.5) is 0 Å². The first-order valence-electron chi connectivity index (χ1n) is 12.8. The number of carbonyl (C=O) groups excluding carboxylic acids is 1. The number of hydrazine groups is 1. The molecule has 0 spiro atoms. The average Bonchev–Trinajstić information content (AvgIpc) is 2.98. The maximum atomic E-state index is 11.9. The van der Waals surface area contributed by atoms with Crippen molar-refractivity contribution in [2.75, 3.05) is 7.11 Å². The minimum Gasteiger partial charge on any atom is -0.481 e. The molecule has 6 nitrogen and oxygen atoms in total. The fraction of sp³-hybridized carbons (Fsp3) is 0.152. The van der Waals surface area contributed by atoms with Crippen molar-refractivity contribution in [1.82, 2.24) is 10.9 Å². The summed E-state index contributed by atoms with van der Waals surface area (Å²) in [6.45, 7) is 4.39. The molecule has 1 aliphatic heterocycles. The molecule has 3 N–H and O–H groups in total. The lowest BCUT2D eigenvalue weighted by atomic mass is 9.88. The molecule has 0 radical (unpaired) electrons. The van der Waals surface area contributed by atoms with Crippen LogP contribution in [0, 0.1) is 0 Å². The van der Waals surface area contributed by atoms with Crippen molar-refractivity contribution in [2.24, 2.45) is 0 Å². The topological polar surface area (TPSA) is 87.7 Å². The maximum absolute atomic E-state index is 11.9. The van der Waals surface area contributed by atoms with E-state index in [4.69, 9.17) is 4.74 Å². The van der Waals surface area contributed by atoms with Gasteiger partial charge in [-0.15, -0.1) is 0 Å². The van der Waals surface area contributed by atoms with Crippen LogP contribution >= 0.6 is 0 Å². The van der Waals surface area contributed by atoms with Crippen LogP contribution in [0.2, 0.25) is 0 Å². The van der Waals surface area contributed by atoms with Crippen LogP contribution in [0.3, 0.4) is 0 Å². The smallest absolute Gasteiger partial charge is 0.305 e. The number of hydrogen-bond donors (Lipinski definition) is 3. The first kappa shape index (κ1) is 27.2. The van der Waals surface area contributed by atoms with E-state index in [2.05, 4.69) is 29.6 Å². The number of esters is 1. The third-order valence-electron chi connectivity index (χ3n) is 6.57. The lowest BCUT2D eigenvalue weighted by Crippen LogP contribution is -2.30. The van der Waals surface area contributed by atoms with Crippen LogP contribution in [-0.2, 0) is 14.3 Å². The molecule has 0 bridgehead atoms. The van der Waals surface area contributed by atoms with Crippen molar-refractivity contribution < 1.29 is 19.4 Å². The monoisotopic (exact) mass is 520 g/mol. The van der Waals surface area contributed by atoms with Crippen LogP contribution in [0.25, 0.3) is 22.9 Å². The number of methoxy groups -OCH3 is 1. The molecule has 0 amide bonds. The molecule has 1 heterocycles. The van der Waals surface area contributed by atoms with E-state index in [0.717, 1.165) is 50.2 Å². The van der Waals surface area contributed by atoms with Crippen LogP contribution in [-0.4, -0.2) is 24.2 Å². The molecule has 0 aliphatic carbocycles. The van der Waals surface area contributed by atoms with Crippen molar-refractivity contribution in [3.8, 4) is 0 Å². The SMILES string of the molecule is C=C(/C(=C/c1ccccc1)CCC(=O)OC)c1cccc(C2=CNNC(c3ccccc3)=C2CCC(=O)O)c1.